The van der Waals surface area contributed by atoms with E-state index in [1.807, 2.05) is 35.2 Å². The van der Waals surface area contributed by atoms with Crippen LogP contribution in [0.4, 0.5) is 4.39 Å². The molecule has 7 heteroatoms. The number of amides is 1. The van der Waals surface area contributed by atoms with Crippen molar-refractivity contribution in [3.05, 3.63) is 82.7 Å². The molecule has 5 nitrogen and oxygen atoms in total. The van der Waals surface area contributed by atoms with Gasteiger partial charge in [-0.2, -0.15) is 5.10 Å². The average Bonchev–Trinajstić information content (AvgIpc) is 3.52. The summed E-state index contributed by atoms with van der Waals surface area (Å²) in [5.41, 5.74) is 5.49. The smallest absolute Gasteiger partial charge is 0.253 e. The summed E-state index contributed by atoms with van der Waals surface area (Å²) >= 11 is 1.62. The fourth-order valence-electron chi connectivity index (χ4n) is 4.40. The monoisotopic (exact) mass is 460 g/mol. The molecule has 1 aliphatic rings. The summed E-state index contributed by atoms with van der Waals surface area (Å²) in [5.74, 6) is 0.0583. The number of aromatic nitrogens is 3. The number of halogens is 1. The van der Waals surface area contributed by atoms with Crippen LogP contribution in [0.15, 0.2) is 60.0 Å². The van der Waals surface area contributed by atoms with E-state index in [0.29, 0.717) is 13.1 Å². The number of rotatable bonds is 5. The number of nitrogens with zero attached hydrogens (tertiary/aromatic N) is 3. The van der Waals surface area contributed by atoms with Gasteiger partial charge >= 0.3 is 0 Å². The van der Waals surface area contributed by atoms with Gasteiger partial charge in [0.05, 0.1) is 11.3 Å². The Balaban J connectivity index is 1.44. The molecule has 0 bridgehead atoms. The first-order valence-electron chi connectivity index (χ1n) is 11.3. The van der Waals surface area contributed by atoms with Crippen molar-refractivity contribution < 1.29 is 9.18 Å². The van der Waals surface area contributed by atoms with Gasteiger partial charge in [-0.1, -0.05) is 25.1 Å². The lowest BCUT2D eigenvalue weighted by molar-refractivity contribution is 0.0712. The highest BCUT2D eigenvalue weighted by molar-refractivity contribution is 7.13. The van der Waals surface area contributed by atoms with Crippen molar-refractivity contribution in [3.63, 3.8) is 0 Å². The van der Waals surface area contributed by atoms with Gasteiger partial charge < -0.3 is 4.90 Å². The maximum Gasteiger partial charge on any atom is 0.253 e. The maximum atomic E-state index is 13.5. The van der Waals surface area contributed by atoms with E-state index in [2.05, 4.69) is 22.5 Å². The standard InChI is InChI=1S/C26H25FN4OS/c1-2-21-16-33-25(28-21)22-23(17-8-10-20(27)11-9-17)29-30-24(22)18-12-14-31(15-13-18)26(32)19-6-4-3-5-7-19/h3-11,16,18H,2,12-15H2,1H3,(H,29,30). The zero-order valence-corrected chi connectivity index (χ0v) is 19.2. The van der Waals surface area contributed by atoms with Crippen LogP contribution < -0.4 is 0 Å². The molecule has 3 heterocycles. The lowest BCUT2D eigenvalue weighted by Gasteiger charge is -2.32. The molecular formula is C26H25FN4OS. The molecule has 0 unspecified atom stereocenters. The zero-order valence-electron chi connectivity index (χ0n) is 18.4. The summed E-state index contributed by atoms with van der Waals surface area (Å²) in [7, 11) is 0. The number of hydrogen-bond donors (Lipinski definition) is 1. The van der Waals surface area contributed by atoms with Gasteiger partial charge in [0, 0.05) is 41.2 Å². The number of H-pyrrole nitrogens is 1. The van der Waals surface area contributed by atoms with Crippen LogP contribution in [0.25, 0.3) is 21.8 Å². The highest BCUT2D eigenvalue weighted by Crippen LogP contribution is 2.41. The second-order valence-electron chi connectivity index (χ2n) is 8.30. The van der Waals surface area contributed by atoms with E-state index < -0.39 is 0 Å². The fraction of sp³-hybridized carbons (Fsp3) is 0.269. The number of aryl methyl sites for hydroxylation is 1. The third-order valence-corrected chi connectivity index (χ3v) is 7.16. The van der Waals surface area contributed by atoms with Crippen molar-refractivity contribution in [2.75, 3.05) is 13.1 Å². The summed E-state index contributed by atoms with van der Waals surface area (Å²) in [4.78, 5) is 19.6. The molecule has 33 heavy (non-hydrogen) atoms. The minimum absolute atomic E-state index is 0.0818. The quantitative estimate of drug-likeness (QED) is 0.402. The maximum absolute atomic E-state index is 13.5. The van der Waals surface area contributed by atoms with E-state index in [4.69, 9.17) is 4.98 Å². The summed E-state index contributed by atoms with van der Waals surface area (Å²) in [6.07, 6.45) is 2.57. The van der Waals surface area contributed by atoms with Gasteiger partial charge in [-0.15, -0.1) is 11.3 Å². The normalized spacial score (nSPS) is 14.5. The predicted molar refractivity (Wildman–Crippen MR) is 129 cm³/mol. The highest BCUT2D eigenvalue weighted by Gasteiger charge is 2.30. The number of likely N-dealkylation sites (tertiary alicyclic amines) is 1. The summed E-state index contributed by atoms with van der Waals surface area (Å²) in [6.45, 7) is 3.48. The van der Waals surface area contributed by atoms with Gasteiger partial charge in [-0.25, -0.2) is 9.37 Å². The molecule has 4 aromatic rings. The Hall–Kier alpha value is -3.32. The Bertz CT molecular complexity index is 1240. The van der Waals surface area contributed by atoms with Crippen molar-refractivity contribution in [3.8, 4) is 21.8 Å². The average molecular weight is 461 g/mol. The van der Waals surface area contributed by atoms with Crippen molar-refractivity contribution >= 4 is 17.2 Å². The molecule has 0 spiro atoms. The minimum atomic E-state index is -0.269. The van der Waals surface area contributed by atoms with E-state index in [9.17, 15) is 9.18 Å². The van der Waals surface area contributed by atoms with E-state index in [0.717, 1.165) is 58.0 Å². The summed E-state index contributed by atoms with van der Waals surface area (Å²) in [6, 6.07) is 15.9. The molecule has 5 rings (SSSR count). The van der Waals surface area contributed by atoms with Gasteiger partial charge in [-0.05, 0) is 55.7 Å². The third kappa shape index (κ3) is 4.33. The molecule has 1 amide bonds. The van der Waals surface area contributed by atoms with Crippen LogP contribution in [0.1, 0.15) is 47.4 Å². The molecule has 0 atom stereocenters. The molecule has 1 saturated heterocycles. The number of carbonyl (C=O) groups is 1. The van der Waals surface area contributed by atoms with Gasteiger partial charge in [0.25, 0.3) is 5.91 Å². The fourth-order valence-corrected chi connectivity index (χ4v) is 5.36. The SMILES string of the molecule is CCc1csc(-c2c(-c3ccc(F)cc3)n[nH]c2C2CCN(C(=O)c3ccccc3)CC2)n1. The third-order valence-electron chi connectivity index (χ3n) is 6.25. The zero-order chi connectivity index (χ0) is 22.8. The Morgan fingerprint density at radius 2 is 1.85 bits per heavy atom. The Morgan fingerprint density at radius 1 is 1.12 bits per heavy atom. The molecule has 1 fully saturated rings. The first-order chi connectivity index (χ1) is 16.1. The van der Waals surface area contributed by atoms with E-state index in [1.54, 1.807) is 23.5 Å². The molecule has 2 aromatic heterocycles. The summed E-state index contributed by atoms with van der Waals surface area (Å²) in [5, 5.41) is 10.9. The second-order valence-corrected chi connectivity index (χ2v) is 9.16. The van der Waals surface area contributed by atoms with E-state index >= 15 is 0 Å². The summed E-state index contributed by atoms with van der Waals surface area (Å²) < 4.78 is 13.5. The van der Waals surface area contributed by atoms with Gasteiger partial charge in [0.1, 0.15) is 16.5 Å². The number of hydrogen-bond acceptors (Lipinski definition) is 4. The number of benzene rings is 2. The first kappa shape index (κ1) is 21.5. The number of aromatic amines is 1. The van der Waals surface area contributed by atoms with Crippen LogP contribution in [-0.2, 0) is 6.42 Å². The molecule has 1 aliphatic heterocycles. The second kappa shape index (κ2) is 9.27. The topological polar surface area (TPSA) is 61.9 Å². The molecule has 1 N–H and O–H groups in total. The van der Waals surface area contributed by atoms with Crippen LogP contribution in [0.2, 0.25) is 0 Å². The van der Waals surface area contributed by atoms with E-state index in [1.165, 1.54) is 12.1 Å². The number of thiazole rings is 1. The first-order valence-corrected chi connectivity index (χ1v) is 12.1. The largest absolute Gasteiger partial charge is 0.339 e. The number of piperidine rings is 1. The molecule has 0 saturated carbocycles. The van der Waals surface area contributed by atoms with Gasteiger partial charge in [0.2, 0.25) is 0 Å². The van der Waals surface area contributed by atoms with Crippen LogP contribution >= 0.6 is 11.3 Å². The van der Waals surface area contributed by atoms with Crippen molar-refractivity contribution in [2.45, 2.75) is 32.1 Å². The Morgan fingerprint density at radius 3 is 2.52 bits per heavy atom. The number of nitrogens with one attached hydrogen (secondary N) is 1. The van der Waals surface area contributed by atoms with Gasteiger partial charge in [0.15, 0.2) is 0 Å². The molecule has 0 aliphatic carbocycles. The molecular weight excluding hydrogens is 435 g/mol. The lowest BCUT2D eigenvalue weighted by atomic mass is 9.89. The predicted octanol–water partition coefficient (Wildman–Crippen LogP) is 5.92. The van der Waals surface area contributed by atoms with Crippen molar-refractivity contribution in [1.29, 1.82) is 0 Å². The lowest BCUT2D eigenvalue weighted by Crippen LogP contribution is -2.38. The number of carbonyl (C=O) groups excluding carboxylic acids is 1. The van der Waals surface area contributed by atoms with Crippen LogP contribution in [-0.4, -0.2) is 39.1 Å². The van der Waals surface area contributed by atoms with E-state index in [-0.39, 0.29) is 17.6 Å². The molecule has 168 valence electrons. The van der Waals surface area contributed by atoms with Crippen LogP contribution in [0.5, 0.6) is 0 Å². The minimum Gasteiger partial charge on any atom is -0.339 e. The Labute approximate surface area is 196 Å². The van der Waals surface area contributed by atoms with Crippen LogP contribution in [0, 0.1) is 5.82 Å². The Kier molecular flexibility index (Phi) is 6.05. The van der Waals surface area contributed by atoms with Crippen molar-refractivity contribution in [2.24, 2.45) is 0 Å². The van der Waals surface area contributed by atoms with Crippen LogP contribution in [0.3, 0.4) is 0 Å². The molecule has 0 radical (unpaired) electrons. The molecule has 2 aromatic carbocycles. The highest BCUT2D eigenvalue weighted by atomic mass is 32.1. The van der Waals surface area contributed by atoms with Gasteiger partial charge in [-0.3, -0.25) is 9.89 Å². The van der Waals surface area contributed by atoms with Crippen molar-refractivity contribution in [1.82, 2.24) is 20.1 Å².